The Labute approximate surface area is 107 Å². The lowest BCUT2D eigenvalue weighted by Gasteiger charge is -2.13. The van der Waals surface area contributed by atoms with E-state index in [1.165, 1.54) is 15.5 Å². The lowest BCUT2D eigenvalue weighted by molar-refractivity contribution is 1.53. The molecule has 2 rings (SSSR count). The van der Waals surface area contributed by atoms with Crippen molar-refractivity contribution in [2.75, 3.05) is 6.26 Å². The van der Waals surface area contributed by atoms with Crippen LogP contribution in [-0.4, -0.2) is 6.26 Å². The first-order valence-corrected chi connectivity index (χ1v) is 8.44. The number of rotatable bonds is 3. The molecule has 0 aromatic heterocycles. The molecular weight excluding hydrogens is 255 g/mol. The molecule has 1 atom stereocenters. The van der Waals surface area contributed by atoms with Crippen molar-refractivity contribution in [1.29, 1.82) is 0 Å². The van der Waals surface area contributed by atoms with Crippen molar-refractivity contribution in [3.8, 4) is 0 Å². The van der Waals surface area contributed by atoms with Crippen molar-refractivity contribution >= 4 is 40.9 Å². The average molecular weight is 267 g/mol. The molecule has 0 N–H and O–H groups in total. The Morgan fingerprint density at radius 3 is 2.25 bits per heavy atom. The molecule has 0 aliphatic heterocycles. The van der Waals surface area contributed by atoms with Crippen molar-refractivity contribution < 1.29 is 0 Å². The van der Waals surface area contributed by atoms with Gasteiger partial charge in [-0.15, -0.1) is 11.8 Å². The Morgan fingerprint density at radius 2 is 1.56 bits per heavy atom. The fourth-order valence-corrected chi connectivity index (χ4v) is 4.66. The monoisotopic (exact) mass is 266 g/mol. The van der Waals surface area contributed by atoms with Crippen LogP contribution in [0.3, 0.4) is 0 Å². The van der Waals surface area contributed by atoms with Gasteiger partial charge in [-0.1, -0.05) is 59.8 Å². The standard InChI is InChI=1S/C13H12ClPS/c1-16-13-10-6-5-9-12(13)15(14)11-7-3-2-4-8-11/h2-10H,1H3. The van der Waals surface area contributed by atoms with Gasteiger partial charge in [0.15, 0.2) is 0 Å². The molecule has 0 fully saturated rings. The van der Waals surface area contributed by atoms with Crippen LogP contribution in [0.5, 0.6) is 0 Å². The molecule has 0 spiro atoms. The highest BCUT2D eigenvalue weighted by molar-refractivity contribution is 8.01. The summed E-state index contributed by atoms with van der Waals surface area (Å²) < 4.78 is 0. The lowest BCUT2D eigenvalue weighted by Crippen LogP contribution is -2.09. The van der Waals surface area contributed by atoms with Gasteiger partial charge in [0.05, 0.1) is 7.27 Å². The Kier molecular flexibility index (Phi) is 4.29. The van der Waals surface area contributed by atoms with Crippen LogP contribution in [0.25, 0.3) is 0 Å². The quantitative estimate of drug-likeness (QED) is 0.598. The number of hydrogen-bond acceptors (Lipinski definition) is 1. The normalized spacial score (nSPS) is 12.4. The van der Waals surface area contributed by atoms with E-state index >= 15 is 0 Å². The van der Waals surface area contributed by atoms with Crippen LogP contribution in [-0.2, 0) is 0 Å². The van der Waals surface area contributed by atoms with E-state index in [0.29, 0.717) is 0 Å². The van der Waals surface area contributed by atoms with Gasteiger partial charge >= 0.3 is 0 Å². The molecule has 0 saturated carbocycles. The van der Waals surface area contributed by atoms with Crippen LogP contribution in [0.15, 0.2) is 59.5 Å². The third-order valence-corrected chi connectivity index (χ3v) is 5.92. The van der Waals surface area contributed by atoms with Crippen LogP contribution in [0, 0.1) is 0 Å². The molecule has 0 radical (unpaired) electrons. The third-order valence-electron chi connectivity index (χ3n) is 2.28. The minimum absolute atomic E-state index is 0.746. The topological polar surface area (TPSA) is 0 Å². The third kappa shape index (κ3) is 2.60. The smallest absolute Gasteiger partial charge is 0.0535 e. The summed E-state index contributed by atoms with van der Waals surface area (Å²) in [5.74, 6) is 0. The summed E-state index contributed by atoms with van der Waals surface area (Å²) in [7, 11) is -0.746. The predicted molar refractivity (Wildman–Crippen MR) is 76.7 cm³/mol. The van der Waals surface area contributed by atoms with Crippen LogP contribution in [0.2, 0.25) is 0 Å². The molecule has 2 aromatic rings. The van der Waals surface area contributed by atoms with E-state index in [9.17, 15) is 0 Å². The van der Waals surface area contributed by atoms with Gasteiger partial charge in [-0.3, -0.25) is 0 Å². The lowest BCUT2D eigenvalue weighted by atomic mass is 10.4. The summed E-state index contributed by atoms with van der Waals surface area (Å²) >= 11 is 8.32. The maximum Gasteiger partial charge on any atom is 0.0535 e. The molecule has 82 valence electrons. The van der Waals surface area contributed by atoms with Crippen molar-refractivity contribution in [2.24, 2.45) is 0 Å². The highest BCUT2D eigenvalue weighted by Gasteiger charge is 2.13. The largest absolute Gasteiger partial charge is 0.129 e. The Balaban J connectivity index is 2.37. The van der Waals surface area contributed by atoms with Gasteiger partial charge in [0.2, 0.25) is 0 Å². The van der Waals surface area contributed by atoms with Crippen molar-refractivity contribution in [3.63, 3.8) is 0 Å². The van der Waals surface area contributed by atoms with Crippen LogP contribution in [0.1, 0.15) is 0 Å². The minimum atomic E-state index is -0.746. The number of thioether (sulfide) groups is 1. The summed E-state index contributed by atoms with van der Waals surface area (Å²) in [6.45, 7) is 0. The van der Waals surface area contributed by atoms with E-state index in [0.717, 1.165) is 0 Å². The molecule has 0 aliphatic carbocycles. The molecule has 16 heavy (non-hydrogen) atoms. The maximum atomic E-state index is 6.57. The van der Waals surface area contributed by atoms with Gasteiger partial charge in [0.1, 0.15) is 0 Å². The molecule has 0 saturated heterocycles. The zero-order valence-electron chi connectivity index (χ0n) is 8.93. The van der Waals surface area contributed by atoms with Gasteiger partial charge in [0, 0.05) is 10.2 Å². The predicted octanol–water partition coefficient (Wildman–Crippen LogP) is 4.00. The second kappa shape index (κ2) is 5.72. The summed E-state index contributed by atoms with van der Waals surface area (Å²) in [4.78, 5) is 1.27. The molecule has 1 unspecified atom stereocenters. The molecule has 3 heteroatoms. The summed E-state index contributed by atoms with van der Waals surface area (Å²) in [6, 6.07) is 18.6. The fraction of sp³-hybridized carbons (Fsp3) is 0.0769. The van der Waals surface area contributed by atoms with Crippen molar-refractivity contribution in [3.05, 3.63) is 54.6 Å². The van der Waals surface area contributed by atoms with E-state index in [1.807, 2.05) is 18.2 Å². The summed E-state index contributed by atoms with van der Waals surface area (Å²) in [5, 5.41) is 2.46. The zero-order valence-corrected chi connectivity index (χ0v) is 11.4. The highest BCUT2D eigenvalue weighted by atomic mass is 35.7. The SMILES string of the molecule is CSc1ccccc1P(Cl)c1ccccc1. The van der Waals surface area contributed by atoms with Crippen molar-refractivity contribution in [2.45, 2.75) is 4.90 Å². The van der Waals surface area contributed by atoms with Crippen LogP contribution >= 0.6 is 30.3 Å². The van der Waals surface area contributed by atoms with Gasteiger partial charge in [-0.2, -0.15) is 0 Å². The number of hydrogen-bond donors (Lipinski definition) is 0. The summed E-state index contributed by atoms with van der Waals surface area (Å²) in [6.07, 6.45) is 2.09. The molecule has 2 aromatic carbocycles. The summed E-state index contributed by atoms with van der Waals surface area (Å²) in [5.41, 5.74) is 0. The Bertz CT molecular complexity index is 458. The van der Waals surface area contributed by atoms with E-state index in [2.05, 4.69) is 42.7 Å². The minimum Gasteiger partial charge on any atom is -0.129 e. The second-order valence-electron chi connectivity index (χ2n) is 3.29. The van der Waals surface area contributed by atoms with Gasteiger partial charge in [0.25, 0.3) is 0 Å². The number of halogens is 1. The maximum absolute atomic E-state index is 6.57. The van der Waals surface area contributed by atoms with Crippen LogP contribution in [0.4, 0.5) is 0 Å². The molecular formula is C13H12ClPS. The number of benzene rings is 2. The molecule has 0 aliphatic rings. The first-order valence-electron chi connectivity index (χ1n) is 4.97. The Hall–Kier alpha value is -0.490. The van der Waals surface area contributed by atoms with Gasteiger partial charge < -0.3 is 0 Å². The Morgan fingerprint density at radius 1 is 0.938 bits per heavy atom. The van der Waals surface area contributed by atoms with E-state index < -0.39 is 7.27 Å². The highest BCUT2D eigenvalue weighted by Crippen LogP contribution is 2.41. The molecule has 0 bridgehead atoms. The van der Waals surface area contributed by atoms with Crippen molar-refractivity contribution in [1.82, 2.24) is 0 Å². The molecule has 0 amide bonds. The second-order valence-corrected chi connectivity index (χ2v) is 6.71. The van der Waals surface area contributed by atoms with E-state index in [-0.39, 0.29) is 0 Å². The average Bonchev–Trinajstić information content (AvgIpc) is 2.39. The first kappa shape index (κ1) is 12.0. The zero-order chi connectivity index (χ0) is 11.4. The first-order chi connectivity index (χ1) is 7.83. The fourth-order valence-electron chi connectivity index (χ4n) is 1.49. The van der Waals surface area contributed by atoms with E-state index in [4.69, 9.17) is 11.2 Å². The van der Waals surface area contributed by atoms with Gasteiger partial charge in [-0.05, 0) is 17.6 Å². The molecule has 0 heterocycles. The van der Waals surface area contributed by atoms with Crippen LogP contribution < -0.4 is 10.6 Å². The molecule has 0 nitrogen and oxygen atoms in total. The van der Waals surface area contributed by atoms with E-state index in [1.54, 1.807) is 11.8 Å². The van der Waals surface area contributed by atoms with Gasteiger partial charge in [-0.25, -0.2) is 0 Å².